The van der Waals surface area contributed by atoms with Crippen LogP contribution in [0.15, 0.2) is 18.5 Å². The largest absolute Gasteiger partial charge is 0.357 e. The highest BCUT2D eigenvalue weighted by molar-refractivity contribution is 5.09. The summed E-state index contributed by atoms with van der Waals surface area (Å²) in [6.45, 7) is 6.28. The molecule has 16 heavy (non-hydrogen) atoms. The lowest BCUT2D eigenvalue weighted by atomic mass is 10.3. The van der Waals surface area contributed by atoms with Gasteiger partial charge in [-0.05, 0) is 25.5 Å². The van der Waals surface area contributed by atoms with Crippen LogP contribution in [-0.4, -0.2) is 29.6 Å². The molecule has 4 nitrogen and oxygen atoms in total. The van der Waals surface area contributed by atoms with Gasteiger partial charge in [-0.3, -0.25) is 0 Å². The van der Waals surface area contributed by atoms with Crippen LogP contribution in [0.4, 0.5) is 0 Å². The average Bonchev–Trinajstić information content (AvgIpc) is 2.73. The molecule has 1 aliphatic rings. The Bertz CT molecular complexity index is 347. The van der Waals surface area contributed by atoms with E-state index in [1.807, 2.05) is 20.9 Å². The van der Waals surface area contributed by atoms with Gasteiger partial charge in [0.05, 0.1) is 12.7 Å². The Balaban J connectivity index is 1.69. The maximum Gasteiger partial charge on any atom is 0.163 e. The molecule has 0 bridgehead atoms. The molecular weight excluding hydrogens is 204 g/mol. The lowest BCUT2D eigenvalue weighted by Gasteiger charge is -2.17. The van der Waals surface area contributed by atoms with Gasteiger partial charge in [-0.2, -0.15) is 0 Å². The van der Waals surface area contributed by atoms with E-state index in [-0.39, 0.29) is 6.10 Å². The minimum Gasteiger partial charge on any atom is -0.357 e. The smallest absolute Gasteiger partial charge is 0.163 e. The number of aryl methyl sites for hydroxylation is 1. The van der Waals surface area contributed by atoms with E-state index in [4.69, 9.17) is 9.47 Å². The Kier molecular flexibility index (Phi) is 3.33. The van der Waals surface area contributed by atoms with Crippen LogP contribution in [0.25, 0.3) is 0 Å². The highest BCUT2D eigenvalue weighted by atomic mass is 16.7. The first-order valence-corrected chi connectivity index (χ1v) is 5.68. The summed E-state index contributed by atoms with van der Waals surface area (Å²) in [6.07, 6.45) is 4.33. The molecule has 2 heterocycles. The summed E-state index contributed by atoms with van der Waals surface area (Å²) in [7, 11) is 2.03. The van der Waals surface area contributed by atoms with Gasteiger partial charge in [0.2, 0.25) is 0 Å². The van der Waals surface area contributed by atoms with E-state index in [9.17, 15) is 0 Å². The van der Waals surface area contributed by atoms with Gasteiger partial charge in [0.15, 0.2) is 5.79 Å². The first kappa shape index (κ1) is 11.6. The summed E-state index contributed by atoms with van der Waals surface area (Å²) in [6, 6.07) is 2.11. The van der Waals surface area contributed by atoms with Crippen molar-refractivity contribution >= 4 is 0 Å². The fraction of sp³-hybridized carbons (Fsp3) is 0.667. The lowest BCUT2D eigenvalue weighted by molar-refractivity contribution is -0.137. The van der Waals surface area contributed by atoms with Gasteiger partial charge < -0.3 is 19.4 Å². The Labute approximate surface area is 96.5 Å². The molecular formula is C12H20N2O2. The van der Waals surface area contributed by atoms with Gasteiger partial charge in [-0.15, -0.1) is 0 Å². The third-order valence-electron chi connectivity index (χ3n) is 2.66. The molecule has 1 atom stereocenters. The molecule has 4 heteroatoms. The molecule has 1 aliphatic heterocycles. The summed E-state index contributed by atoms with van der Waals surface area (Å²) in [4.78, 5) is 0. The van der Waals surface area contributed by atoms with Crippen LogP contribution in [0.1, 0.15) is 19.4 Å². The molecule has 2 rings (SSSR count). The standard InChI is InChI=1S/C12H20N2O2/c1-12(2)15-9-11(16-12)7-13-6-10-4-5-14(3)8-10/h4-5,8,11,13H,6-7,9H2,1-3H3. The maximum absolute atomic E-state index is 5.70. The van der Waals surface area contributed by atoms with Gasteiger partial charge in [0.25, 0.3) is 0 Å². The van der Waals surface area contributed by atoms with Crippen molar-refractivity contribution in [2.24, 2.45) is 7.05 Å². The van der Waals surface area contributed by atoms with Crippen molar-refractivity contribution in [2.75, 3.05) is 13.2 Å². The highest BCUT2D eigenvalue weighted by Gasteiger charge is 2.32. The van der Waals surface area contributed by atoms with Crippen LogP contribution in [0.2, 0.25) is 0 Å². The van der Waals surface area contributed by atoms with Gasteiger partial charge in [0.1, 0.15) is 0 Å². The number of hydrogen-bond acceptors (Lipinski definition) is 3. The summed E-state index contributed by atoms with van der Waals surface area (Å²) < 4.78 is 13.2. The van der Waals surface area contributed by atoms with Crippen molar-refractivity contribution in [3.05, 3.63) is 24.0 Å². The minimum atomic E-state index is -0.418. The second-order valence-corrected chi connectivity index (χ2v) is 4.77. The predicted molar refractivity (Wildman–Crippen MR) is 62.0 cm³/mol. The van der Waals surface area contributed by atoms with E-state index < -0.39 is 5.79 Å². The van der Waals surface area contributed by atoms with Crippen LogP contribution in [0.5, 0.6) is 0 Å². The predicted octanol–water partition coefficient (Wildman–Crippen LogP) is 1.27. The molecule has 1 saturated heterocycles. The fourth-order valence-corrected chi connectivity index (χ4v) is 1.91. The molecule has 1 aromatic rings. The summed E-state index contributed by atoms with van der Waals surface area (Å²) >= 11 is 0. The number of hydrogen-bond donors (Lipinski definition) is 1. The fourth-order valence-electron chi connectivity index (χ4n) is 1.91. The third-order valence-corrected chi connectivity index (χ3v) is 2.66. The van der Waals surface area contributed by atoms with Gasteiger partial charge >= 0.3 is 0 Å². The van der Waals surface area contributed by atoms with E-state index in [1.165, 1.54) is 5.56 Å². The summed E-state index contributed by atoms with van der Waals surface area (Å²) in [5, 5.41) is 3.38. The number of rotatable bonds is 4. The summed E-state index contributed by atoms with van der Waals surface area (Å²) in [5.74, 6) is -0.418. The van der Waals surface area contributed by atoms with E-state index in [1.54, 1.807) is 0 Å². The zero-order valence-electron chi connectivity index (χ0n) is 10.2. The van der Waals surface area contributed by atoms with Crippen molar-refractivity contribution in [2.45, 2.75) is 32.3 Å². The zero-order chi connectivity index (χ0) is 11.6. The van der Waals surface area contributed by atoms with E-state index >= 15 is 0 Å². The van der Waals surface area contributed by atoms with Gasteiger partial charge in [0, 0.05) is 32.5 Å². The van der Waals surface area contributed by atoms with Gasteiger partial charge in [-0.25, -0.2) is 0 Å². The quantitative estimate of drug-likeness (QED) is 0.836. The normalized spacial score (nSPS) is 23.8. The van der Waals surface area contributed by atoms with E-state index in [0.717, 1.165) is 13.1 Å². The Morgan fingerprint density at radius 1 is 1.56 bits per heavy atom. The van der Waals surface area contributed by atoms with E-state index in [0.29, 0.717) is 6.61 Å². The molecule has 1 aromatic heterocycles. The average molecular weight is 224 g/mol. The van der Waals surface area contributed by atoms with Crippen molar-refractivity contribution in [3.63, 3.8) is 0 Å². The van der Waals surface area contributed by atoms with Crippen LogP contribution < -0.4 is 5.32 Å². The first-order valence-electron chi connectivity index (χ1n) is 5.68. The third kappa shape index (κ3) is 3.07. The van der Waals surface area contributed by atoms with Crippen molar-refractivity contribution < 1.29 is 9.47 Å². The Morgan fingerprint density at radius 3 is 2.94 bits per heavy atom. The molecule has 0 radical (unpaired) electrons. The first-order chi connectivity index (χ1) is 7.55. The van der Waals surface area contributed by atoms with Crippen LogP contribution in [0.3, 0.4) is 0 Å². The molecule has 1 fully saturated rings. The molecule has 0 aliphatic carbocycles. The van der Waals surface area contributed by atoms with E-state index in [2.05, 4.69) is 28.3 Å². The minimum absolute atomic E-state index is 0.165. The second kappa shape index (κ2) is 4.57. The Morgan fingerprint density at radius 2 is 2.38 bits per heavy atom. The topological polar surface area (TPSA) is 35.4 Å². The number of ether oxygens (including phenoxy) is 2. The van der Waals surface area contributed by atoms with Crippen molar-refractivity contribution in [1.82, 2.24) is 9.88 Å². The van der Waals surface area contributed by atoms with Crippen molar-refractivity contribution in [1.29, 1.82) is 0 Å². The molecule has 0 aromatic carbocycles. The molecule has 0 saturated carbocycles. The van der Waals surface area contributed by atoms with Crippen LogP contribution in [0, 0.1) is 0 Å². The van der Waals surface area contributed by atoms with Gasteiger partial charge in [-0.1, -0.05) is 0 Å². The Hall–Kier alpha value is -0.840. The maximum atomic E-state index is 5.70. The molecule has 0 amide bonds. The van der Waals surface area contributed by atoms with Crippen LogP contribution >= 0.6 is 0 Å². The van der Waals surface area contributed by atoms with Crippen molar-refractivity contribution in [3.8, 4) is 0 Å². The monoisotopic (exact) mass is 224 g/mol. The molecule has 0 spiro atoms. The second-order valence-electron chi connectivity index (χ2n) is 4.77. The number of nitrogens with one attached hydrogen (secondary N) is 1. The molecule has 1 N–H and O–H groups in total. The van der Waals surface area contributed by atoms with Crippen LogP contribution in [-0.2, 0) is 23.1 Å². The molecule has 90 valence electrons. The number of nitrogens with zero attached hydrogens (tertiary/aromatic N) is 1. The molecule has 1 unspecified atom stereocenters. The zero-order valence-corrected chi connectivity index (χ0v) is 10.2. The lowest BCUT2D eigenvalue weighted by Crippen LogP contribution is -2.30. The number of aromatic nitrogens is 1. The summed E-state index contributed by atoms with van der Waals surface area (Å²) in [5.41, 5.74) is 1.29. The highest BCUT2D eigenvalue weighted by Crippen LogP contribution is 2.21. The SMILES string of the molecule is Cn1ccc(CNCC2COC(C)(C)O2)c1.